The Morgan fingerprint density at radius 2 is 2.17 bits per heavy atom. The zero-order valence-corrected chi connectivity index (χ0v) is 11.4. The normalized spacial score (nSPS) is 11.9. The molecule has 0 spiro atoms. The number of nitrogens with one attached hydrogen (secondary N) is 2. The number of aromatic amines is 1. The maximum Gasteiger partial charge on any atom is 0.257 e. The topological polar surface area (TPSA) is 93.3 Å². The van der Waals surface area contributed by atoms with E-state index in [0.717, 1.165) is 0 Å². The van der Waals surface area contributed by atoms with Crippen LogP contribution in [0.1, 0.15) is 12.7 Å². The summed E-state index contributed by atoms with van der Waals surface area (Å²) in [5, 5.41) is 0.0799. The van der Waals surface area contributed by atoms with Crippen LogP contribution in [-0.4, -0.2) is 51.9 Å². The predicted octanol–water partition coefficient (Wildman–Crippen LogP) is -0.0866. The highest BCUT2D eigenvalue weighted by atomic mass is 32.2. The number of sulfonamides is 1. The van der Waals surface area contributed by atoms with E-state index < -0.39 is 10.0 Å². The molecule has 0 fully saturated rings. The van der Waals surface area contributed by atoms with Gasteiger partial charge in [0.2, 0.25) is 0 Å². The molecular weight excluding hydrogens is 258 g/mol. The van der Waals surface area contributed by atoms with Crippen molar-refractivity contribution in [3.05, 3.63) is 12.0 Å². The van der Waals surface area contributed by atoms with Crippen LogP contribution in [0.25, 0.3) is 0 Å². The molecular formula is C10H19N3O4S. The lowest BCUT2D eigenvalue weighted by Gasteiger charge is -2.05. The van der Waals surface area contributed by atoms with Crippen molar-refractivity contribution in [1.29, 1.82) is 0 Å². The van der Waals surface area contributed by atoms with Crippen molar-refractivity contribution >= 4 is 10.0 Å². The van der Waals surface area contributed by atoms with Gasteiger partial charge in [-0.3, -0.25) is 0 Å². The number of imidazole rings is 1. The Morgan fingerprint density at radius 3 is 2.78 bits per heavy atom. The van der Waals surface area contributed by atoms with E-state index in [4.69, 9.17) is 9.47 Å². The highest BCUT2D eigenvalue weighted by Gasteiger charge is 2.15. The third kappa shape index (κ3) is 4.73. The molecule has 18 heavy (non-hydrogen) atoms. The minimum Gasteiger partial charge on any atom is -0.382 e. The number of hydrogen-bond donors (Lipinski definition) is 2. The molecule has 7 nitrogen and oxygen atoms in total. The fourth-order valence-electron chi connectivity index (χ4n) is 1.23. The molecule has 0 atom stereocenters. The summed E-state index contributed by atoms with van der Waals surface area (Å²) in [5.74, 6) is 0.645. The van der Waals surface area contributed by atoms with Gasteiger partial charge in [-0.15, -0.1) is 0 Å². The highest BCUT2D eigenvalue weighted by molar-refractivity contribution is 7.89. The van der Waals surface area contributed by atoms with E-state index in [0.29, 0.717) is 32.1 Å². The van der Waals surface area contributed by atoms with Crippen molar-refractivity contribution in [2.24, 2.45) is 0 Å². The Kier molecular flexibility index (Phi) is 6.27. The molecule has 1 aromatic heterocycles. The van der Waals surface area contributed by atoms with E-state index in [1.807, 2.05) is 6.92 Å². The molecule has 1 aromatic rings. The van der Waals surface area contributed by atoms with Gasteiger partial charge in [0.15, 0.2) is 5.03 Å². The molecule has 0 aliphatic carbocycles. The number of hydrogen-bond acceptors (Lipinski definition) is 5. The molecule has 1 rings (SSSR count). The molecule has 0 saturated carbocycles. The Balaban J connectivity index is 2.36. The smallest absolute Gasteiger partial charge is 0.257 e. The maximum atomic E-state index is 11.8. The van der Waals surface area contributed by atoms with Crippen LogP contribution in [0.5, 0.6) is 0 Å². The summed E-state index contributed by atoms with van der Waals surface area (Å²) in [6, 6.07) is 0. The molecule has 8 heteroatoms. The molecule has 0 aliphatic heterocycles. The van der Waals surface area contributed by atoms with E-state index in [-0.39, 0.29) is 11.6 Å². The summed E-state index contributed by atoms with van der Waals surface area (Å²) in [5.41, 5.74) is 0. The molecule has 0 radical (unpaired) electrons. The summed E-state index contributed by atoms with van der Waals surface area (Å²) < 4.78 is 36.0. The van der Waals surface area contributed by atoms with Crippen LogP contribution in [-0.2, 0) is 25.9 Å². The highest BCUT2D eigenvalue weighted by Crippen LogP contribution is 2.05. The molecule has 0 aliphatic rings. The average molecular weight is 277 g/mol. The van der Waals surface area contributed by atoms with Gasteiger partial charge in [0, 0.05) is 20.1 Å². The number of ether oxygens (including phenoxy) is 2. The first kappa shape index (κ1) is 15.1. The quantitative estimate of drug-likeness (QED) is 0.615. The number of aryl methyl sites for hydroxylation is 1. The molecule has 1 heterocycles. The summed E-state index contributed by atoms with van der Waals surface area (Å²) in [6.07, 6.45) is 1.97. The molecule has 0 unspecified atom stereocenters. The molecule has 0 aromatic carbocycles. The van der Waals surface area contributed by atoms with Gasteiger partial charge in [-0.25, -0.2) is 18.1 Å². The Hall–Kier alpha value is -0.960. The lowest BCUT2D eigenvalue weighted by Crippen LogP contribution is -2.28. The van der Waals surface area contributed by atoms with Crippen LogP contribution < -0.4 is 4.72 Å². The van der Waals surface area contributed by atoms with Crippen LogP contribution in [0.3, 0.4) is 0 Å². The molecule has 0 saturated heterocycles. The maximum absolute atomic E-state index is 11.8. The summed E-state index contributed by atoms with van der Waals surface area (Å²) >= 11 is 0. The van der Waals surface area contributed by atoms with Gasteiger partial charge in [0.25, 0.3) is 10.0 Å². The van der Waals surface area contributed by atoms with Crippen molar-refractivity contribution in [2.45, 2.75) is 18.4 Å². The summed E-state index contributed by atoms with van der Waals surface area (Å²) in [7, 11) is -1.94. The first-order chi connectivity index (χ1) is 8.60. The molecule has 104 valence electrons. The van der Waals surface area contributed by atoms with Crippen molar-refractivity contribution in [1.82, 2.24) is 14.7 Å². The van der Waals surface area contributed by atoms with Gasteiger partial charge in [-0.2, -0.15) is 0 Å². The Morgan fingerprint density at radius 1 is 1.39 bits per heavy atom. The van der Waals surface area contributed by atoms with Crippen LogP contribution in [0.2, 0.25) is 0 Å². The average Bonchev–Trinajstić information content (AvgIpc) is 2.83. The first-order valence-electron chi connectivity index (χ1n) is 5.70. The van der Waals surface area contributed by atoms with Crippen LogP contribution >= 0.6 is 0 Å². The van der Waals surface area contributed by atoms with Gasteiger partial charge in [0.05, 0.1) is 26.0 Å². The minimum absolute atomic E-state index is 0.0799. The second kappa shape index (κ2) is 7.47. The van der Waals surface area contributed by atoms with Gasteiger partial charge in [-0.1, -0.05) is 6.92 Å². The van der Waals surface area contributed by atoms with Crippen molar-refractivity contribution < 1.29 is 17.9 Å². The van der Waals surface area contributed by atoms with Crippen molar-refractivity contribution in [3.8, 4) is 0 Å². The SMILES string of the molecule is CCc1ncc(S(=O)(=O)NCCOCCOC)[nH]1. The summed E-state index contributed by atoms with van der Waals surface area (Å²) in [6.45, 7) is 3.35. The zero-order chi connectivity index (χ0) is 13.4. The lowest BCUT2D eigenvalue weighted by atomic mass is 10.5. The standard InChI is InChI=1S/C10H19N3O4S/c1-3-9-11-8-10(13-9)18(14,15)12-4-5-17-7-6-16-2/h8,12H,3-7H2,1-2H3,(H,11,13). The zero-order valence-electron chi connectivity index (χ0n) is 10.6. The minimum atomic E-state index is -3.52. The number of H-pyrrole nitrogens is 1. The number of rotatable bonds is 9. The Labute approximate surface area is 107 Å². The van der Waals surface area contributed by atoms with E-state index in [9.17, 15) is 8.42 Å². The third-order valence-electron chi connectivity index (χ3n) is 2.20. The van der Waals surface area contributed by atoms with Crippen LogP contribution in [0.15, 0.2) is 11.2 Å². The van der Waals surface area contributed by atoms with Gasteiger partial charge in [-0.05, 0) is 0 Å². The second-order valence-corrected chi connectivity index (χ2v) is 5.29. The largest absolute Gasteiger partial charge is 0.382 e. The van der Waals surface area contributed by atoms with E-state index in [1.54, 1.807) is 7.11 Å². The Bertz CT molecular complexity index is 444. The monoisotopic (exact) mass is 277 g/mol. The van der Waals surface area contributed by atoms with Crippen LogP contribution in [0.4, 0.5) is 0 Å². The fraction of sp³-hybridized carbons (Fsp3) is 0.700. The molecule has 0 amide bonds. The first-order valence-corrected chi connectivity index (χ1v) is 7.18. The summed E-state index contributed by atoms with van der Waals surface area (Å²) in [4.78, 5) is 6.69. The van der Waals surface area contributed by atoms with E-state index >= 15 is 0 Å². The predicted molar refractivity (Wildman–Crippen MR) is 65.8 cm³/mol. The van der Waals surface area contributed by atoms with Crippen LogP contribution in [0, 0.1) is 0 Å². The van der Waals surface area contributed by atoms with Crippen molar-refractivity contribution in [2.75, 3.05) is 33.5 Å². The fourth-order valence-corrected chi connectivity index (χ4v) is 2.18. The molecule has 0 bridgehead atoms. The van der Waals surface area contributed by atoms with Gasteiger partial charge in [0.1, 0.15) is 5.82 Å². The van der Waals surface area contributed by atoms with Crippen molar-refractivity contribution in [3.63, 3.8) is 0 Å². The number of nitrogens with zero attached hydrogens (tertiary/aromatic N) is 1. The van der Waals surface area contributed by atoms with E-state index in [2.05, 4.69) is 14.7 Å². The molecule has 2 N–H and O–H groups in total. The van der Waals surface area contributed by atoms with E-state index in [1.165, 1.54) is 6.20 Å². The lowest BCUT2D eigenvalue weighted by molar-refractivity contribution is 0.0736. The third-order valence-corrected chi connectivity index (χ3v) is 3.57. The van der Waals surface area contributed by atoms with Gasteiger partial charge < -0.3 is 14.5 Å². The van der Waals surface area contributed by atoms with Gasteiger partial charge >= 0.3 is 0 Å². The second-order valence-electron chi connectivity index (χ2n) is 3.55. The number of methoxy groups -OCH3 is 1. The number of aromatic nitrogens is 2.